The van der Waals surface area contributed by atoms with E-state index in [2.05, 4.69) is 36.6 Å². The molecule has 6 aromatic rings. The number of hydrogen-bond donors (Lipinski definition) is 12. The van der Waals surface area contributed by atoms with Gasteiger partial charge in [-0.25, -0.2) is 9.36 Å². The molecule has 0 radical (unpaired) electrons. The maximum atomic E-state index is 14.6. The number of likely N-dealkylation sites (tertiary alicyclic amines) is 1. The zero-order chi connectivity index (χ0) is 56.1. The van der Waals surface area contributed by atoms with E-state index in [0.717, 1.165) is 21.4 Å². The molecule has 0 aliphatic carbocycles. The molecule has 3 heterocycles. The first kappa shape index (κ1) is 57.3. The number of aromatic nitrogens is 1. The van der Waals surface area contributed by atoms with E-state index < -0.39 is 91.7 Å². The summed E-state index contributed by atoms with van der Waals surface area (Å²) in [6.07, 6.45) is 2.09. The minimum Gasteiger partial charge on any atom is -0.508 e. The fraction of sp³-hybridized carbons (Fsp3) is 0.321. The highest BCUT2D eigenvalue weighted by atomic mass is 31.2. The van der Waals surface area contributed by atoms with Gasteiger partial charge in [0, 0.05) is 66.2 Å². The molecule has 2 aromatic heterocycles. The summed E-state index contributed by atoms with van der Waals surface area (Å²) >= 11 is 0. The number of guanidine groups is 1. The van der Waals surface area contributed by atoms with Gasteiger partial charge in [0.25, 0.3) is 0 Å². The number of amides is 6. The number of phenols is 1. The highest BCUT2D eigenvalue weighted by Crippen LogP contribution is 2.36. The number of rotatable bonds is 24. The zero-order valence-electron chi connectivity index (χ0n) is 42.4. The highest BCUT2D eigenvalue weighted by Gasteiger charge is 2.41. The summed E-state index contributed by atoms with van der Waals surface area (Å²) in [6.45, 7) is 0.656. The van der Waals surface area contributed by atoms with Gasteiger partial charge in [0.05, 0.1) is 12.6 Å². The Balaban J connectivity index is 1.11. The number of aliphatic imine (C=N–C) groups is 1. The predicted molar refractivity (Wildman–Crippen MR) is 288 cm³/mol. The molecular formula is C53H62N11O13P. The van der Waals surface area contributed by atoms with Gasteiger partial charge in [0.1, 0.15) is 41.5 Å². The van der Waals surface area contributed by atoms with Gasteiger partial charge >= 0.3 is 13.4 Å². The van der Waals surface area contributed by atoms with E-state index in [-0.39, 0.29) is 81.0 Å². The van der Waals surface area contributed by atoms with Crippen molar-refractivity contribution in [2.45, 2.75) is 88.1 Å². The van der Waals surface area contributed by atoms with E-state index in [1.54, 1.807) is 55.6 Å². The first-order chi connectivity index (χ1) is 37.2. The van der Waals surface area contributed by atoms with Gasteiger partial charge in [-0.15, -0.1) is 0 Å². The molecule has 412 valence electrons. The van der Waals surface area contributed by atoms with Crippen LogP contribution in [-0.4, -0.2) is 122 Å². The molecule has 1 aliphatic heterocycles. The number of nitrogens with two attached hydrogens (primary N) is 3. The van der Waals surface area contributed by atoms with E-state index in [1.165, 1.54) is 36.4 Å². The monoisotopic (exact) mass is 1090 g/mol. The van der Waals surface area contributed by atoms with Crippen LogP contribution in [0.15, 0.2) is 124 Å². The number of benzene rings is 4. The summed E-state index contributed by atoms with van der Waals surface area (Å²) in [5, 5.41) is 24.9. The first-order valence-electron chi connectivity index (χ1n) is 25.0. The minimum absolute atomic E-state index is 0.00738. The van der Waals surface area contributed by atoms with Gasteiger partial charge < -0.3 is 73.0 Å². The average molecular weight is 1090 g/mol. The van der Waals surface area contributed by atoms with E-state index in [4.69, 9.17) is 26.1 Å². The minimum atomic E-state index is -5.31. The van der Waals surface area contributed by atoms with Crippen LogP contribution in [0.2, 0.25) is 0 Å². The number of phenolic OH excluding ortho intramolecular Hbond substituents is 1. The van der Waals surface area contributed by atoms with Gasteiger partial charge in [0.2, 0.25) is 35.4 Å². The summed E-state index contributed by atoms with van der Waals surface area (Å²) in [6, 6.07) is 19.5. The van der Waals surface area contributed by atoms with Gasteiger partial charge in [-0.1, -0.05) is 60.7 Å². The second-order valence-corrected chi connectivity index (χ2v) is 20.1. The van der Waals surface area contributed by atoms with Crippen LogP contribution in [0.25, 0.3) is 21.9 Å². The Kier molecular flexibility index (Phi) is 19.2. The summed E-state index contributed by atoms with van der Waals surface area (Å²) in [5.41, 5.74) is 20.6. The number of hydrogen-bond acceptors (Lipinski definition) is 13. The third kappa shape index (κ3) is 15.8. The van der Waals surface area contributed by atoms with Gasteiger partial charge in [0.15, 0.2) is 5.96 Å². The van der Waals surface area contributed by atoms with Gasteiger partial charge in [-0.05, 0) is 91.6 Å². The largest absolute Gasteiger partial charge is 0.508 e. The molecule has 7 rings (SSSR count). The molecule has 0 bridgehead atoms. The van der Waals surface area contributed by atoms with Crippen molar-refractivity contribution in [2.24, 2.45) is 22.2 Å². The Hall–Kier alpha value is -8.41. The first-order valence-corrected chi connectivity index (χ1v) is 26.5. The lowest BCUT2D eigenvalue weighted by atomic mass is 10.0. The SMILES string of the molecule is Cc1cc(=O)oc2cc(NC(=O)[C@H](CCCN=C(N)N)NC(=O)[C@@H]3CCCN3C(=O)[C@H](COP(=O)(O)O)NC(=O)[C@H](Cc3ccc(O)cc3)NC(=O)[C@H](Cc3ccccc3)NC(=O)[C@@H](N)Cc3c[nH]c4ccccc34)ccc12. The van der Waals surface area contributed by atoms with Crippen LogP contribution in [0.3, 0.4) is 0 Å². The molecule has 15 N–H and O–H groups in total. The number of carbonyl (C=O) groups excluding carboxylic acids is 6. The topological polar surface area (TPSA) is 389 Å². The van der Waals surface area contributed by atoms with Gasteiger partial charge in [-0.3, -0.25) is 38.3 Å². The van der Waals surface area contributed by atoms with Crippen molar-refractivity contribution < 1.29 is 57.2 Å². The Morgan fingerprint density at radius 2 is 1.45 bits per heavy atom. The molecule has 1 saturated heterocycles. The van der Waals surface area contributed by atoms with E-state index in [0.29, 0.717) is 22.1 Å². The third-order valence-electron chi connectivity index (χ3n) is 13.0. The van der Waals surface area contributed by atoms with Crippen LogP contribution in [-0.2, 0) is 57.1 Å². The second kappa shape index (κ2) is 26.1. The van der Waals surface area contributed by atoms with E-state index in [9.17, 15) is 53.0 Å². The molecule has 0 saturated carbocycles. The highest BCUT2D eigenvalue weighted by molar-refractivity contribution is 7.46. The van der Waals surface area contributed by atoms with Gasteiger partial charge in [-0.2, -0.15) is 0 Å². The molecule has 78 heavy (non-hydrogen) atoms. The number of nitrogens with one attached hydrogen (secondary N) is 6. The lowest BCUT2D eigenvalue weighted by Crippen LogP contribution is -2.60. The summed E-state index contributed by atoms with van der Waals surface area (Å²) in [5.74, 6) is -5.30. The van der Waals surface area contributed by atoms with Crippen LogP contribution in [0, 0.1) is 6.92 Å². The molecule has 4 aromatic carbocycles. The number of phosphoric acid groups is 1. The van der Waals surface area contributed by atoms with Crippen molar-refractivity contribution in [1.29, 1.82) is 0 Å². The maximum absolute atomic E-state index is 14.6. The van der Waals surface area contributed by atoms with Crippen LogP contribution in [0.5, 0.6) is 5.75 Å². The predicted octanol–water partition coefficient (Wildman–Crippen LogP) is 1.38. The Labute approximate surface area is 446 Å². The lowest BCUT2D eigenvalue weighted by molar-refractivity contribution is -0.143. The summed E-state index contributed by atoms with van der Waals surface area (Å²) < 4.78 is 22.2. The lowest BCUT2D eigenvalue weighted by Gasteiger charge is -2.31. The van der Waals surface area contributed by atoms with Crippen molar-refractivity contribution in [3.8, 4) is 5.75 Å². The van der Waals surface area contributed by atoms with Crippen LogP contribution in [0.4, 0.5) is 5.69 Å². The quantitative estimate of drug-likeness (QED) is 0.0134. The fourth-order valence-electron chi connectivity index (χ4n) is 9.11. The number of H-pyrrole nitrogens is 1. The average Bonchev–Trinajstić information content (AvgIpc) is 4.09. The van der Waals surface area contributed by atoms with Crippen molar-refractivity contribution in [1.82, 2.24) is 31.2 Å². The van der Waals surface area contributed by atoms with Crippen molar-refractivity contribution >= 4 is 76.8 Å². The number of aryl methyl sites for hydroxylation is 1. The number of aromatic hydroxyl groups is 1. The zero-order valence-corrected chi connectivity index (χ0v) is 43.3. The molecule has 1 aliphatic rings. The number of nitrogens with zero attached hydrogens (tertiary/aromatic N) is 2. The molecule has 6 atom stereocenters. The molecule has 6 amide bonds. The standard InChI is InChI=1S/C53H62N11O13P/c1-30-23-46(66)77-45-27-34(17-20-36(30)45)59-48(68)40(13-7-21-57-53(55)56)60-51(71)44-14-8-22-64(44)52(72)43(29-76-78(73,74)75)63-50(70)42(25-32-15-18-35(65)19-16-32)62-49(69)41(24-31-9-3-2-4-10-31)61-47(67)38(54)26-33-28-58-39-12-6-5-11-37(33)39/h2-6,9-12,15-20,23,27-28,38,40-44,58,65H,7-8,13-14,21-22,24-26,29,54H2,1H3,(H,59,68)(H,60,71)(H,61,67)(H,62,69)(H,63,70)(H4,55,56,57)(H2,73,74,75)/t38-,40-,41-,42-,43-,44-/m0/s1. The van der Waals surface area contributed by atoms with Crippen LogP contribution in [0.1, 0.15) is 47.9 Å². The second-order valence-electron chi connectivity index (χ2n) is 18.8. The number of para-hydroxylation sites is 1. The number of anilines is 1. The fourth-order valence-corrected chi connectivity index (χ4v) is 9.45. The molecular weight excluding hydrogens is 1030 g/mol. The van der Waals surface area contributed by atoms with Crippen molar-refractivity contribution in [3.05, 3.63) is 142 Å². The molecule has 1 fully saturated rings. The van der Waals surface area contributed by atoms with Crippen molar-refractivity contribution in [2.75, 3.05) is 25.0 Å². The van der Waals surface area contributed by atoms with E-state index >= 15 is 0 Å². The maximum Gasteiger partial charge on any atom is 0.469 e. The molecule has 24 nitrogen and oxygen atoms in total. The summed E-state index contributed by atoms with van der Waals surface area (Å²) in [4.78, 5) is 125. The smallest absolute Gasteiger partial charge is 0.469 e. The Morgan fingerprint density at radius 1 is 0.795 bits per heavy atom. The number of aromatic amines is 1. The Bertz CT molecular complexity index is 3270. The number of carbonyl (C=O) groups is 6. The normalized spacial score (nSPS) is 15.3. The van der Waals surface area contributed by atoms with Crippen LogP contribution >= 0.6 is 7.82 Å². The Morgan fingerprint density at radius 3 is 2.14 bits per heavy atom. The summed E-state index contributed by atoms with van der Waals surface area (Å²) in [7, 11) is -5.31. The number of fused-ring (bicyclic) bond motifs is 2. The number of phosphoric ester groups is 1. The third-order valence-corrected chi connectivity index (χ3v) is 13.5. The van der Waals surface area contributed by atoms with Crippen LogP contribution < -0.4 is 49.4 Å². The molecule has 0 unspecified atom stereocenters. The van der Waals surface area contributed by atoms with Crippen molar-refractivity contribution in [3.63, 3.8) is 0 Å². The molecule has 0 spiro atoms. The van der Waals surface area contributed by atoms with E-state index in [1.807, 2.05) is 24.3 Å². The molecule has 25 heteroatoms.